The van der Waals surface area contributed by atoms with Crippen molar-refractivity contribution in [3.8, 4) is 0 Å². The molecule has 1 aliphatic heterocycles. The SMILES string of the molecule is Cc1ccc(Cc2cnc(NC(=O)CN3C(=O)S/C(=C\c4c(Cl)cccc4Cl)C3=O)s2)cc1. The molecule has 1 aliphatic rings. The van der Waals surface area contributed by atoms with E-state index in [0.717, 1.165) is 27.1 Å². The Hall–Kier alpha value is -2.65. The van der Waals surface area contributed by atoms with Gasteiger partial charge >= 0.3 is 0 Å². The summed E-state index contributed by atoms with van der Waals surface area (Å²) in [5.74, 6) is -1.08. The number of nitrogens with zero attached hydrogens (tertiary/aromatic N) is 2. The Morgan fingerprint density at radius 1 is 1.12 bits per heavy atom. The average Bonchev–Trinajstić information content (AvgIpc) is 3.31. The minimum Gasteiger partial charge on any atom is -0.300 e. The molecular weight excluding hydrogens is 501 g/mol. The number of benzene rings is 2. The number of rotatable bonds is 6. The molecule has 0 bridgehead atoms. The largest absolute Gasteiger partial charge is 0.300 e. The van der Waals surface area contributed by atoms with E-state index >= 15 is 0 Å². The number of nitrogens with one attached hydrogen (secondary N) is 1. The second-order valence-electron chi connectivity index (χ2n) is 7.25. The van der Waals surface area contributed by atoms with Gasteiger partial charge in [-0.05, 0) is 42.5 Å². The molecule has 1 N–H and O–H groups in total. The summed E-state index contributed by atoms with van der Waals surface area (Å²) in [7, 11) is 0. The van der Waals surface area contributed by atoms with Crippen LogP contribution in [0.2, 0.25) is 10.0 Å². The lowest BCUT2D eigenvalue weighted by molar-refractivity contribution is -0.127. The topological polar surface area (TPSA) is 79.4 Å². The molecule has 1 aromatic heterocycles. The average molecular weight is 518 g/mol. The van der Waals surface area contributed by atoms with Gasteiger partial charge in [-0.1, -0.05) is 59.1 Å². The minimum absolute atomic E-state index is 0.150. The van der Waals surface area contributed by atoms with E-state index in [1.54, 1.807) is 24.4 Å². The fourth-order valence-electron chi connectivity index (χ4n) is 3.07. The van der Waals surface area contributed by atoms with Crippen LogP contribution in [0.5, 0.6) is 0 Å². The van der Waals surface area contributed by atoms with Gasteiger partial charge in [-0.3, -0.25) is 19.3 Å². The maximum Gasteiger partial charge on any atom is 0.294 e. The molecule has 1 fully saturated rings. The molecule has 2 heterocycles. The Balaban J connectivity index is 1.39. The van der Waals surface area contributed by atoms with E-state index in [2.05, 4.69) is 22.4 Å². The molecule has 0 radical (unpaired) electrons. The summed E-state index contributed by atoms with van der Waals surface area (Å²) in [5, 5.41) is 3.25. The Kier molecular flexibility index (Phi) is 7.19. The van der Waals surface area contributed by atoms with Crippen molar-refractivity contribution in [2.75, 3.05) is 11.9 Å². The van der Waals surface area contributed by atoms with Gasteiger partial charge in [-0.15, -0.1) is 11.3 Å². The first-order valence-corrected chi connectivity index (χ1v) is 12.2. The van der Waals surface area contributed by atoms with Crippen LogP contribution in [0.15, 0.2) is 53.6 Å². The highest BCUT2D eigenvalue weighted by atomic mass is 35.5. The molecule has 0 unspecified atom stereocenters. The number of hydrogen-bond donors (Lipinski definition) is 1. The van der Waals surface area contributed by atoms with E-state index in [-0.39, 0.29) is 4.91 Å². The van der Waals surface area contributed by atoms with Gasteiger partial charge in [-0.25, -0.2) is 4.98 Å². The number of aryl methyl sites for hydroxylation is 1. The highest BCUT2D eigenvalue weighted by Gasteiger charge is 2.36. The number of aromatic nitrogens is 1. The molecule has 33 heavy (non-hydrogen) atoms. The van der Waals surface area contributed by atoms with Crippen molar-refractivity contribution in [3.05, 3.63) is 85.2 Å². The van der Waals surface area contributed by atoms with Crippen LogP contribution in [0.3, 0.4) is 0 Å². The molecule has 1 saturated heterocycles. The first kappa shape index (κ1) is 23.5. The Morgan fingerprint density at radius 2 is 1.82 bits per heavy atom. The number of anilines is 1. The van der Waals surface area contributed by atoms with Gasteiger partial charge in [0.05, 0.1) is 4.91 Å². The number of hydrogen-bond acceptors (Lipinski definition) is 6. The zero-order valence-corrected chi connectivity index (χ0v) is 20.4. The molecular formula is C23H17Cl2N3O3S2. The monoisotopic (exact) mass is 517 g/mol. The standard InChI is InChI=1S/C23H17Cl2N3O3S2/c1-13-5-7-14(8-6-13)9-15-11-26-22(32-15)27-20(29)12-28-21(30)19(33-23(28)31)10-16-17(24)3-2-4-18(16)25/h2-8,10-11H,9,12H2,1H3,(H,26,27,29)/b19-10-. The lowest BCUT2D eigenvalue weighted by Gasteiger charge is -2.11. The molecule has 3 aromatic rings. The highest BCUT2D eigenvalue weighted by Crippen LogP contribution is 2.35. The van der Waals surface area contributed by atoms with E-state index in [0.29, 0.717) is 27.2 Å². The Morgan fingerprint density at radius 3 is 2.52 bits per heavy atom. The maximum atomic E-state index is 12.7. The van der Waals surface area contributed by atoms with Gasteiger partial charge in [-0.2, -0.15) is 0 Å². The second kappa shape index (κ2) is 10.1. The molecule has 0 spiro atoms. The third kappa shape index (κ3) is 5.65. The number of imide groups is 1. The summed E-state index contributed by atoms with van der Waals surface area (Å²) in [6.07, 6.45) is 3.87. The van der Waals surface area contributed by atoms with Crippen molar-refractivity contribution in [2.45, 2.75) is 13.3 Å². The zero-order chi connectivity index (χ0) is 23.5. The fraction of sp³-hybridized carbons (Fsp3) is 0.130. The van der Waals surface area contributed by atoms with Crippen molar-refractivity contribution < 1.29 is 14.4 Å². The first-order valence-electron chi connectivity index (χ1n) is 9.79. The molecule has 4 rings (SSSR count). The Bertz CT molecular complexity index is 1250. The second-order valence-corrected chi connectivity index (χ2v) is 10.2. The number of halogens is 2. The van der Waals surface area contributed by atoms with Crippen molar-refractivity contribution in [1.82, 2.24) is 9.88 Å². The predicted molar refractivity (Wildman–Crippen MR) is 134 cm³/mol. The Labute approximate surface area is 208 Å². The van der Waals surface area contributed by atoms with E-state index in [1.165, 1.54) is 23.0 Å². The number of carbonyl (C=O) groups excluding carboxylic acids is 3. The molecule has 0 aliphatic carbocycles. The summed E-state index contributed by atoms with van der Waals surface area (Å²) >= 11 is 14.4. The highest BCUT2D eigenvalue weighted by molar-refractivity contribution is 8.18. The van der Waals surface area contributed by atoms with Crippen LogP contribution in [-0.4, -0.2) is 33.5 Å². The van der Waals surface area contributed by atoms with E-state index < -0.39 is 23.6 Å². The lowest BCUT2D eigenvalue weighted by atomic mass is 10.1. The van der Waals surface area contributed by atoms with Crippen molar-refractivity contribution >= 4 is 74.6 Å². The smallest absolute Gasteiger partial charge is 0.294 e. The van der Waals surface area contributed by atoms with Crippen molar-refractivity contribution in [2.24, 2.45) is 0 Å². The van der Waals surface area contributed by atoms with Crippen LogP contribution >= 0.6 is 46.3 Å². The number of amides is 3. The van der Waals surface area contributed by atoms with Gasteiger partial charge in [0.25, 0.3) is 11.1 Å². The van der Waals surface area contributed by atoms with Crippen LogP contribution in [-0.2, 0) is 16.0 Å². The van der Waals surface area contributed by atoms with Gasteiger partial charge < -0.3 is 5.32 Å². The molecule has 10 heteroatoms. The van der Waals surface area contributed by atoms with Crippen molar-refractivity contribution in [1.29, 1.82) is 0 Å². The summed E-state index contributed by atoms with van der Waals surface area (Å²) < 4.78 is 0. The third-order valence-electron chi connectivity index (χ3n) is 4.75. The summed E-state index contributed by atoms with van der Waals surface area (Å²) in [6, 6.07) is 13.2. The molecule has 0 saturated carbocycles. The van der Waals surface area contributed by atoms with Crippen LogP contribution in [0.4, 0.5) is 9.93 Å². The quantitative estimate of drug-likeness (QED) is 0.404. The third-order valence-corrected chi connectivity index (χ3v) is 7.23. The van der Waals surface area contributed by atoms with Gasteiger partial charge in [0.1, 0.15) is 6.54 Å². The van der Waals surface area contributed by atoms with Crippen LogP contribution in [0.1, 0.15) is 21.6 Å². The molecule has 6 nitrogen and oxygen atoms in total. The molecule has 168 valence electrons. The van der Waals surface area contributed by atoms with Crippen LogP contribution < -0.4 is 5.32 Å². The number of thioether (sulfide) groups is 1. The van der Waals surface area contributed by atoms with Gasteiger partial charge in [0.2, 0.25) is 5.91 Å². The summed E-state index contributed by atoms with van der Waals surface area (Å²) in [5.41, 5.74) is 2.78. The van der Waals surface area contributed by atoms with E-state index in [1.807, 2.05) is 19.1 Å². The van der Waals surface area contributed by atoms with E-state index in [9.17, 15) is 14.4 Å². The molecule has 2 aromatic carbocycles. The maximum absolute atomic E-state index is 12.7. The number of carbonyl (C=O) groups is 3. The predicted octanol–water partition coefficient (Wildman–Crippen LogP) is 6.02. The molecule has 3 amide bonds. The van der Waals surface area contributed by atoms with E-state index in [4.69, 9.17) is 23.2 Å². The zero-order valence-electron chi connectivity index (χ0n) is 17.3. The van der Waals surface area contributed by atoms with Crippen LogP contribution in [0, 0.1) is 6.92 Å². The molecule has 0 atom stereocenters. The first-order chi connectivity index (χ1) is 15.8. The minimum atomic E-state index is -0.574. The van der Waals surface area contributed by atoms with Gasteiger partial charge in [0.15, 0.2) is 5.13 Å². The lowest BCUT2D eigenvalue weighted by Crippen LogP contribution is -2.36. The normalized spacial score (nSPS) is 14.9. The number of thiazole rings is 1. The summed E-state index contributed by atoms with van der Waals surface area (Å²) in [4.78, 5) is 43.8. The summed E-state index contributed by atoms with van der Waals surface area (Å²) in [6.45, 7) is 1.62. The van der Waals surface area contributed by atoms with Crippen LogP contribution in [0.25, 0.3) is 6.08 Å². The van der Waals surface area contributed by atoms with Gasteiger partial charge in [0, 0.05) is 33.1 Å². The van der Waals surface area contributed by atoms with Crippen molar-refractivity contribution in [3.63, 3.8) is 0 Å². The fourth-order valence-corrected chi connectivity index (χ4v) is 5.26.